The van der Waals surface area contributed by atoms with Crippen molar-refractivity contribution in [3.05, 3.63) is 60.4 Å². The van der Waals surface area contributed by atoms with Gasteiger partial charge in [-0.2, -0.15) is 0 Å². The summed E-state index contributed by atoms with van der Waals surface area (Å²) in [5.74, 6) is -0.261. The predicted molar refractivity (Wildman–Crippen MR) is 127 cm³/mol. The number of allylic oxidation sites excluding steroid dienone is 1. The smallest absolute Gasteiger partial charge is 0.228 e. The molecule has 0 aliphatic carbocycles. The minimum Gasteiger partial charge on any atom is -0.379 e. The van der Waals surface area contributed by atoms with Gasteiger partial charge in [0, 0.05) is 38.6 Å². The van der Waals surface area contributed by atoms with Gasteiger partial charge in [0.25, 0.3) is 0 Å². The molecular formula is C24H34N4O4S. The monoisotopic (exact) mass is 474 g/mol. The van der Waals surface area contributed by atoms with Crippen LogP contribution < -0.4 is 0 Å². The second kappa shape index (κ2) is 11.6. The van der Waals surface area contributed by atoms with Crippen molar-refractivity contribution in [3.63, 3.8) is 0 Å². The van der Waals surface area contributed by atoms with Crippen molar-refractivity contribution in [1.82, 2.24) is 19.4 Å². The van der Waals surface area contributed by atoms with Gasteiger partial charge in [-0.05, 0) is 5.56 Å². The van der Waals surface area contributed by atoms with Gasteiger partial charge in [-0.15, -0.1) is 6.58 Å². The Labute approximate surface area is 196 Å². The summed E-state index contributed by atoms with van der Waals surface area (Å²) < 4.78 is 33.4. The summed E-state index contributed by atoms with van der Waals surface area (Å²) in [6, 6.07) is 9.05. The Morgan fingerprint density at radius 2 is 1.94 bits per heavy atom. The Bertz CT molecular complexity index is 1030. The second-order valence-corrected chi connectivity index (χ2v) is 10.4. The third kappa shape index (κ3) is 6.75. The third-order valence-electron chi connectivity index (χ3n) is 5.64. The van der Waals surface area contributed by atoms with Crippen LogP contribution in [0.5, 0.6) is 0 Å². The number of carbonyl (C=O) groups excluding carboxylic acids is 1. The second-order valence-electron chi connectivity index (χ2n) is 8.54. The van der Waals surface area contributed by atoms with E-state index < -0.39 is 9.84 Å². The molecule has 0 atom stereocenters. The molecular weight excluding hydrogens is 440 g/mol. The molecule has 3 rings (SSSR count). The quantitative estimate of drug-likeness (QED) is 0.465. The van der Waals surface area contributed by atoms with Gasteiger partial charge in [-0.3, -0.25) is 9.69 Å². The van der Waals surface area contributed by atoms with E-state index in [-0.39, 0.29) is 22.7 Å². The van der Waals surface area contributed by atoms with Crippen LogP contribution >= 0.6 is 0 Å². The maximum atomic E-state index is 13.2. The normalized spacial score (nSPS) is 15.0. The van der Waals surface area contributed by atoms with E-state index in [2.05, 4.69) is 16.5 Å². The fraction of sp³-hybridized carbons (Fsp3) is 0.500. The Hall–Kier alpha value is -2.49. The van der Waals surface area contributed by atoms with Crippen LogP contribution in [0.25, 0.3) is 0 Å². The first-order valence-electron chi connectivity index (χ1n) is 11.3. The van der Waals surface area contributed by atoms with Gasteiger partial charge >= 0.3 is 0 Å². The highest BCUT2D eigenvalue weighted by molar-refractivity contribution is 7.90. The summed E-state index contributed by atoms with van der Waals surface area (Å²) in [6.45, 7) is 12.5. The summed E-state index contributed by atoms with van der Waals surface area (Å²) >= 11 is 0. The van der Waals surface area contributed by atoms with Gasteiger partial charge in [0.15, 0.2) is 0 Å². The van der Waals surface area contributed by atoms with Gasteiger partial charge < -0.3 is 14.2 Å². The average molecular weight is 475 g/mol. The first-order valence-corrected chi connectivity index (χ1v) is 13.0. The van der Waals surface area contributed by atoms with Crippen molar-refractivity contribution in [1.29, 1.82) is 0 Å². The van der Waals surface area contributed by atoms with Crippen LogP contribution in [0, 0.1) is 5.92 Å². The predicted octanol–water partition coefficient (Wildman–Crippen LogP) is 2.36. The van der Waals surface area contributed by atoms with E-state index in [0.29, 0.717) is 44.1 Å². The number of ether oxygens (including phenoxy) is 1. The zero-order valence-electron chi connectivity index (χ0n) is 19.5. The number of rotatable bonds is 11. The molecule has 1 aromatic heterocycles. The minimum atomic E-state index is -3.67. The van der Waals surface area contributed by atoms with Gasteiger partial charge in [0.05, 0.1) is 37.4 Å². The zero-order chi connectivity index (χ0) is 23.8. The number of morpholine rings is 1. The number of hydrogen-bond donors (Lipinski definition) is 0. The molecule has 1 saturated heterocycles. The minimum absolute atomic E-state index is 0.00591. The van der Waals surface area contributed by atoms with Crippen molar-refractivity contribution < 1.29 is 17.9 Å². The van der Waals surface area contributed by atoms with Crippen LogP contribution in [0.1, 0.15) is 25.1 Å². The highest BCUT2D eigenvalue weighted by atomic mass is 32.2. The first kappa shape index (κ1) is 25.1. The molecule has 1 amide bonds. The number of carbonyl (C=O) groups is 1. The molecule has 0 unspecified atom stereocenters. The lowest BCUT2D eigenvalue weighted by Crippen LogP contribution is -2.44. The molecule has 0 spiro atoms. The number of hydrogen-bond acceptors (Lipinski definition) is 6. The van der Waals surface area contributed by atoms with E-state index in [9.17, 15) is 13.2 Å². The van der Waals surface area contributed by atoms with Crippen LogP contribution in [0.4, 0.5) is 0 Å². The molecule has 1 aromatic carbocycles. The summed E-state index contributed by atoms with van der Waals surface area (Å²) in [4.78, 5) is 21.3. The van der Waals surface area contributed by atoms with Crippen LogP contribution in [0.3, 0.4) is 0 Å². The third-order valence-corrected chi connectivity index (χ3v) is 7.23. The summed E-state index contributed by atoms with van der Waals surface area (Å²) in [5, 5.41) is 0.00591. The molecule has 180 valence electrons. The molecule has 0 bridgehead atoms. The van der Waals surface area contributed by atoms with Crippen molar-refractivity contribution in [3.8, 4) is 0 Å². The molecule has 2 aromatic rings. The van der Waals surface area contributed by atoms with E-state index >= 15 is 0 Å². The van der Waals surface area contributed by atoms with Gasteiger partial charge in [-0.1, -0.05) is 50.3 Å². The molecule has 2 heterocycles. The zero-order valence-corrected chi connectivity index (χ0v) is 20.3. The molecule has 0 radical (unpaired) electrons. The lowest BCUT2D eigenvalue weighted by Gasteiger charge is -2.31. The maximum absolute atomic E-state index is 13.2. The van der Waals surface area contributed by atoms with Crippen molar-refractivity contribution in [2.24, 2.45) is 5.92 Å². The summed E-state index contributed by atoms with van der Waals surface area (Å²) in [7, 11) is -3.67. The van der Waals surface area contributed by atoms with Gasteiger partial charge in [-0.25, -0.2) is 13.4 Å². The van der Waals surface area contributed by atoms with E-state index in [1.54, 1.807) is 33.9 Å². The number of amides is 1. The van der Waals surface area contributed by atoms with E-state index in [4.69, 9.17) is 4.74 Å². The largest absolute Gasteiger partial charge is 0.379 e. The molecule has 8 nitrogen and oxygen atoms in total. The Balaban J connectivity index is 1.82. The Kier molecular flexibility index (Phi) is 8.82. The molecule has 1 aliphatic rings. The van der Waals surface area contributed by atoms with E-state index in [0.717, 1.165) is 19.6 Å². The number of benzene rings is 1. The van der Waals surface area contributed by atoms with E-state index in [1.807, 2.05) is 32.0 Å². The number of sulfone groups is 1. The van der Waals surface area contributed by atoms with Crippen LogP contribution in [-0.4, -0.2) is 73.1 Å². The molecule has 1 fully saturated rings. The molecule has 1 aliphatic heterocycles. The van der Waals surface area contributed by atoms with Crippen molar-refractivity contribution >= 4 is 15.7 Å². The number of imidazole rings is 1. The standard InChI is InChI=1S/C24H34N4O4S/c1-4-10-28-22(17-25-24(28)33(30,31)19-21-8-6-5-7-9-21)18-27(23(29)20(2)3)12-11-26-13-15-32-16-14-26/h4-9,17,20H,1,10-16,18-19H2,2-3H3. The van der Waals surface area contributed by atoms with Crippen molar-refractivity contribution in [2.45, 2.75) is 37.8 Å². The summed E-state index contributed by atoms with van der Waals surface area (Å²) in [6.07, 6.45) is 3.21. The van der Waals surface area contributed by atoms with Crippen molar-refractivity contribution in [2.75, 3.05) is 39.4 Å². The van der Waals surface area contributed by atoms with E-state index in [1.165, 1.54) is 0 Å². The molecule has 9 heteroatoms. The summed E-state index contributed by atoms with van der Waals surface area (Å²) in [5.41, 5.74) is 1.38. The fourth-order valence-corrected chi connectivity index (χ4v) is 5.37. The van der Waals surface area contributed by atoms with Crippen LogP contribution in [0.15, 0.2) is 54.3 Å². The Morgan fingerprint density at radius 3 is 2.58 bits per heavy atom. The Morgan fingerprint density at radius 1 is 1.24 bits per heavy atom. The highest BCUT2D eigenvalue weighted by Gasteiger charge is 2.26. The topological polar surface area (TPSA) is 84.7 Å². The van der Waals surface area contributed by atoms with Gasteiger partial charge in [0.1, 0.15) is 0 Å². The molecule has 0 N–H and O–H groups in total. The number of aromatic nitrogens is 2. The number of nitrogens with zero attached hydrogens (tertiary/aromatic N) is 4. The SMILES string of the molecule is C=CCn1c(CN(CCN2CCOCC2)C(=O)C(C)C)cnc1S(=O)(=O)Cc1ccccc1. The average Bonchev–Trinajstić information content (AvgIpc) is 3.20. The maximum Gasteiger partial charge on any atom is 0.228 e. The fourth-order valence-electron chi connectivity index (χ4n) is 3.86. The van der Waals surface area contributed by atoms with Gasteiger partial charge in [0.2, 0.25) is 20.9 Å². The van der Waals surface area contributed by atoms with Crippen LogP contribution in [-0.2, 0) is 38.2 Å². The lowest BCUT2D eigenvalue weighted by molar-refractivity contribution is -0.135. The van der Waals surface area contributed by atoms with Crippen LogP contribution in [0.2, 0.25) is 0 Å². The highest BCUT2D eigenvalue weighted by Crippen LogP contribution is 2.19. The molecule has 0 saturated carbocycles. The molecule has 33 heavy (non-hydrogen) atoms. The lowest BCUT2D eigenvalue weighted by atomic mass is 10.2. The first-order chi connectivity index (χ1) is 15.8.